The summed E-state index contributed by atoms with van der Waals surface area (Å²) in [5.74, 6) is -0.712. The third kappa shape index (κ3) is 1.63. The summed E-state index contributed by atoms with van der Waals surface area (Å²) in [7, 11) is 0. The van der Waals surface area contributed by atoms with Crippen molar-refractivity contribution in [2.45, 2.75) is 13.0 Å². The molecule has 0 N–H and O–H groups in total. The van der Waals surface area contributed by atoms with Gasteiger partial charge in [-0.05, 0) is 18.7 Å². The van der Waals surface area contributed by atoms with Crippen LogP contribution in [0, 0.1) is 0 Å². The predicted molar refractivity (Wildman–Crippen MR) is 63.9 cm³/mol. The molecule has 2 aliphatic rings. The molecule has 0 saturated carbocycles. The Kier molecular flexibility index (Phi) is 2.65. The third-order valence-corrected chi connectivity index (χ3v) is 3.38. The fourth-order valence-corrected chi connectivity index (χ4v) is 2.26. The number of imide groups is 1. The normalized spacial score (nSPS) is 20.2. The lowest BCUT2D eigenvalue weighted by Gasteiger charge is -2.38. The number of likely N-dealkylation sites (N-methyl/N-ethyl adjacent to an activating group) is 1. The summed E-state index contributed by atoms with van der Waals surface area (Å²) in [6, 6.07) is 6.79. The van der Waals surface area contributed by atoms with Crippen molar-refractivity contribution in [2.75, 3.05) is 19.6 Å². The Labute approximate surface area is 105 Å². The van der Waals surface area contributed by atoms with Crippen LogP contribution < -0.4 is 0 Å². The topological polar surface area (TPSA) is 49.9 Å². The maximum absolute atomic E-state index is 12.0. The van der Waals surface area contributed by atoms with Crippen molar-refractivity contribution in [1.29, 1.82) is 0 Å². The standard InChI is InChI=1S/C13H14N2O3/c1-2-14-7-9(8-14)18-15-12(16)10-5-3-4-6-11(10)13(15)17/h3-6,9H,2,7-8H2,1H3. The van der Waals surface area contributed by atoms with Crippen LogP contribution in [0.15, 0.2) is 24.3 Å². The SMILES string of the molecule is CCN1CC(ON2C(=O)c3ccccc3C2=O)C1. The monoisotopic (exact) mass is 246 g/mol. The van der Waals surface area contributed by atoms with E-state index in [9.17, 15) is 9.59 Å². The van der Waals surface area contributed by atoms with E-state index in [1.54, 1.807) is 24.3 Å². The smallest absolute Gasteiger partial charge is 0.285 e. The number of amides is 2. The van der Waals surface area contributed by atoms with Crippen molar-refractivity contribution in [3.8, 4) is 0 Å². The fourth-order valence-electron chi connectivity index (χ4n) is 2.26. The van der Waals surface area contributed by atoms with Gasteiger partial charge in [0.1, 0.15) is 6.10 Å². The van der Waals surface area contributed by atoms with Gasteiger partial charge in [0, 0.05) is 13.1 Å². The van der Waals surface area contributed by atoms with E-state index in [1.165, 1.54) is 0 Å². The molecule has 18 heavy (non-hydrogen) atoms. The van der Waals surface area contributed by atoms with Gasteiger partial charge in [-0.3, -0.25) is 19.3 Å². The molecule has 2 aliphatic heterocycles. The Morgan fingerprint density at radius 2 is 1.72 bits per heavy atom. The zero-order chi connectivity index (χ0) is 12.7. The van der Waals surface area contributed by atoms with Crippen LogP contribution >= 0.6 is 0 Å². The Bertz CT molecular complexity index is 474. The number of hydrogen-bond donors (Lipinski definition) is 0. The Morgan fingerprint density at radius 3 is 2.22 bits per heavy atom. The van der Waals surface area contributed by atoms with Crippen molar-refractivity contribution in [3.63, 3.8) is 0 Å². The first-order chi connectivity index (χ1) is 8.70. The summed E-state index contributed by atoms with van der Waals surface area (Å²) < 4.78 is 0. The highest BCUT2D eigenvalue weighted by Gasteiger charge is 2.40. The lowest BCUT2D eigenvalue weighted by atomic mass is 10.1. The summed E-state index contributed by atoms with van der Waals surface area (Å²) in [6.45, 7) is 4.56. The third-order valence-electron chi connectivity index (χ3n) is 3.38. The van der Waals surface area contributed by atoms with E-state index in [0.29, 0.717) is 11.1 Å². The van der Waals surface area contributed by atoms with Crippen molar-refractivity contribution in [1.82, 2.24) is 9.96 Å². The maximum Gasteiger partial charge on any atom is 0.285 e. The van der Waals surface area contributed by atoms with Gasteiger partial charge in [-0.1, -0.05) is 19.1 Å². The number of hydroxylamine groups is 2. The summed E-state index contributed by atoms with van der Waals surface area (Å²) in [4.78, 5) is 31.7. The van der Waals surface area contributed by atoms with Gasteiger partial charge in [-0.25, -0.2) is 0 Å². The Balaban J connectivity index is 1.73. The van der Waals surface area contributed by atoms with Crippen LogP contribution in [-0.4, -0.2) is 47.5 Å². The molecule has 0 atom stereocenters. The minimum Gasteiger partial charge on any atom is -0.298 e. The second-order valence-corrected chi connectivity index (χ2v) is 4.53. The molecule has 2 heterocycles. The van der Waals surface area contributed by atoms with Crippen molar-refractivity contribution < 1.29 is 14.4 Å². The molecule has 0 bridgehead atoms. The van der Waals surface area contributed by atoms with Crippen LogP contribution in [0.2, 0.25) is 0 Å². The molecule has 0 aromatic heterocycles. The predicted octanol–water partition coefficient (Wildman–Crippen LogP) is 0.918. The van der Waals surface area contributed by atoms with Crippen molar-refractivity contribution in [2.24, 2.45) is 0 Å². The number of rotatable bonds is 3. The summed E-state index contributed by atoms with van der Waals surface area (Å²) >= 11 is 0. The number of hydrogen-bond acceptors (Lipinski definition) is 4. The van der Waals surface area contributed by atoms with E-state index < -0.39 is 0 Å². The highest BCUT2D eigenvalue weighted by molar-refractivity contribution is 6.20. The van der Waals surface area contributed by atoms with Crippen molar-refractivity contribution >= 4 is 11.8 Å². The molecule has 5 heteroatoms. The Hall–Kier alpha value is -1.72. The van der Waals surface area contributed by atoms with E-state index in [4.69, 9.17) is 4.84 Å². The number of carbonyl (C=O) groups is 2. The van der Waals surface area contributed by atoms with Crippen LogP contribution in [0.1, 0.15) is 27.6 Å². The highest BCUT2D eigenvalue weighted by Crippen LogP contribution is 2.24. The molecule has 1 fully saturated rings. The van der Waals surface area contributed by atoms with Gasteiger partial charge in [0.15, 0.2) is 0 Å². The minimum atomic E-state index is -0.356. The van der Waals surface area contributed by atoms with E-state index in [2.05, 4.69) is 11.8 Å². The molecule has 3 rings (SSSR count). The van der Waals surface area contributed by atoms with E-state index >= 15 is 0 Å². The summed E-state index contributed by atoms with van der Waals surface area (Å²) in [5.41, 5.74) is 0.850. The minimum absolute atomic E-state index is 0.0628. The van der Waals surface area contributed by atoms with Crippen molar-refractivity contribution in [3.05, 3.63) is 35.4 Å². The maximum atomic E-state index is 12.0. The van der Waals surface area contributed by atoms with E-state index in [-0.39, 0.29) is 17.9 Å². The molecular weight excluding hydrogens is 232 g/mol. The highest BCUT2D eigenvalue weighted by atomic mass is 16.7. The molecule has 1 aromatic rings. The van der Waals surface area contributed by atoms with E-state index in [1.807, 2.05) is 0 Å². The summed E-state index contributed by atoms with van der Waals surface area (Å²) in [5, 5.41) is 0.905. The van der Waals surface area contributed by atoms with Crippen LogP contribution in [0.4, 0.5) is 0 Å². The lowest BCUT2D eigenvalue weighted by Crippen LogP contribution is -2.54. The number of nitrogens with zero attached hydrogens (tertiary/aromatic N) is 2. The average Bonchev–Trinajstić information content (AvgIpc) is 2.58. The molecule has 5 nitrogen and oxygen atoms in total. The zero-order valence-electron chi connectivity index (χ0n) is 10.1. The number of likely N-dealkylation sites (tertiary alicyclic amines) is 1. The van der Waals surface area contributed by atoms with Gasteiger partial charge in [0.05, 0.1) is 11.1 Å². The molecule has 1 saturated heterocycles. The van der Waals surface area contributed by atoms with Gasteiger partial charge in [-0.2, -0.15) is 0 Å². The van der Waals surface area contributed by atoms with Gasteiger partial charge in [0.25, 0.3) is 11.8 Å². The van der Waals surface area contributed by atoms with Crippen LogP contribution in [0.5, 0.6) is 0 Å². The van der Waals surface area contributed by atoms with Gasteiger partial charge >= 0.3 is 0 Å². The summed E-state index contributed by atoms with van der Waals surface area (Å²) in [6.07, 6.45) is -0.0628. The molecule has 1 aromatic carbocycles. The molecule has 94 valence electrons. The molecule has 2 amide bonds. The number of carbonyl (C=O) groups excluding carboxylic acids is 2. The molecular formula is C13H14N2O3. The van der Waals surface area contributed by atoms with E-state index in [0.717, 1.165) is 24.7 Å². The van der Waals surface area contributed by atoms with Gasteiger partial charge < -0.3 is 0 Å². The Morgan fingerprint density at radius 1 is 1.17 bits per heavy atom. The number of fused-ring (bicyclic) bond motifs is 1. The zero-order valence-corrected chi connectivity index (χ0v) is 10.1. The first-order valence-electron chi connectivity index (χ1n) is 6.07. The second kappa shape index (κ2) is 4.19. The molecule has 0 aliphatic carbocycles. The average molecular weight is 246 g/mol. The number of benzene rings is 1. The van der Waals surface area contributed by atoms with Crippen LogP contribution in [0.3, 0.4) is 0 Å². The van der Waals surface area contributed by atoms with Gasteiger partial charge in [0.2, 0.25) is 0 Å². The molecule has 0 radical (unpaired) electrons. The molecule has 0 unspecified atom stereocenters. The quantitative estimate of drug-likeness (QED) is 0.744. The lowest BCUT2D eigenvalue weighted by molar-refractivity contribution is -0.174. The largest absolute Gasteiger partial charge is 0.298 e. The molecule has 0 spiro atoms. The first kappa shape index (κ1) is 11.4. The fraction of sp³-hybridized carbons (Fsp3) is 0.385. The van der Waals surface area contributed by atoms with Gasteiger partial charge in [-0.15, -0.1) is 5.06 Å². The van der Waals surface area contributed by atoms with Crippen LogP contribution in [0.25, 0.3) is 0 Å². The first-order valence-corrected chi connectivity index (χ1v) is 6.07. The van der Waals surface area contributed by atoms with Crippen LogP contribution in [-0.2, 0) is 4.84 Å². The second-order valence-electron chi connectivity index (χ2n) is 4.53.